The highest BCUT2D eigenvalue weighted by atomic mass is 32.2. The summed E-state index contributed by atoms with van der Waals surface area (Å²) in [4.78, 5) is 53.0. The van der Waals surface area contributed by atoms with E-state index in [0.717, 1.165) is 23.1 Å². The fourth-order valence-corrected chi connectivity index (χ4v) is 6.61. The highest BCUT2D eigenvalue weighted by Crippen LogP contribution is 2.47. The van der Waals surface area contributed by atoms with Crippen LogP contribution in [0.25, 0.3) is 6.08 Å². The van der Waals surface area contributed by atoms with Gasteiger partial charge in [0.05, 0.1) is 23.5 Å². The van der Waals surface area contributed by atoms with Gasteiger partial charge in [-0.1, -0.05) is 6.07 Å². The molecule has 0 unspecified atom stereocenters. The van der Waals surface area contributed by atoms with Gasteiger partial charge in [0.2, 0.25) is 11.8 Å². The molecule has 1 aromatic carbocycles. The molecule has 9 nitrogen and oxygen atoms in total. The Bertz CT molecular complexity index is 1060. The summed E-state index contributed by atoms with van der Waals surface area (Å²) in [7, 11) is 1.54. The number of methoxy groups -OCH3 is 1. The zero-order valence-electron chi connectivity index (χ0n) is 19.3. The number of carbonyl (C=O) groups is 4. The van der Waals surface area contributed by atoms with Crippen molar-refractivity contribution in [3.05, 3.63) is 28.7 Å². The Morgan fingerprint density at radius 2 is 2.09 bits per heavy atom. The number of nitrogens with one attached hydrogen (secondary N) is 1. The van der Waals surface area contributed by atoms with Gasteiger partial charge < -0.3 is 19.7 Å². The van der Waals surface area contributed by atoms with Gasteiger partial charge in [0.1, 0.15) is 6.04 Å². The van der Waals surface area contributed by atoms with Crippen LogP contribution in [0.15, 0.2) is 23.1 Å². The first kappa shape index (κ1) is 24.5. The Balaban J connectivity index is 1.35. The van der Waals surface area contributed by atoms with E-state index in [1.54, 1.807) is 40.9 Å². The Hall–Kier alpha value is -2.66. The van der Waals surface area contributed by atoms with Crippen molar-refractivity contribution in [2.45, 2.75) is 37.6 Å². The SMILES string of the molecule is CCOc1ccc(/C=C2/SC(=O)N(CCNC(=O)[C@@H]3CS[C@@]4(C)CCC(=O)N34)C2=O)cc1OC. The van der Waals surface area contributed by atoms with Gasteiger partial charge in [0, 0.05) is 25.3 Å². The number of amides is 4. The molecule has 3 fully saturated rings. The van der Waals surface area contributed by atoms with Crippen LogP contribution in [0, 0.1) is 0 Å². The second-order valence-corrected chi connectivity index (χ2v) is 10.7. The average Bonchev–Trinajstić information content (AvgIpc) is 3.40. The van der Waals surface area contributed by atoms with Crippen LogP contribution in [-0.4, -0.2) is 76.2 Å². The quantitative estimate of drug-likeness (QED) is 0.538. The zero-order valence-corrected chi connectivity index (χ0v) is 20.9. The first-order chi connectivity index (χ1) is 16.3. The number of rotatable bonds is 8. The lowest BCUT2D eigenvalue weighted by molar-refractivity contribution is -0.137. The summed E-state index contributed by atoms with van der Waals surface area (Å²) in [6.45, 7) is 4.55. The van der Waals surface area contributed by atoms with Gasteiger partial charge in [-0.3, -0.25) is 24.1 Å². The van der Waals surface area contributed by atoms with Crippen LogP contribution in [0.3, 0.4) is 0 Å². The van der Waals surface area contributed by atoms with Crippen LogP contribution < -0.4 is 14.8 Å². The molecular weight excluding hydrogens is 478 g/mol. The molecule has 182 valence electrons. The molecule has 3 aliphatic heterocycles. The second-order valence-electron chi connectivity index (χ2n) is 8.23. The van der Waals surface area contributed by atoms with Gasteiger partial charge in [-0.05, 0) is 55.8 Å². The number of hydrogen-bond acceptors (Lipinski definition) is 8. The molecule has 4 amide bonds. The molecular formula is C23H27N3O6S2. The Labute approximate surface area is 206 Å². The van der Waals surface area contributed by atoms with Crippen LogP contribution in [0.5, 0.6) is 11.5 Å². The number of nitrogens with zero attached hydrogens (tertiary/aromatic N) is 2. The highest BCUT2D eigenvalue weighted by Gasteiger charge is 2.52. The maximum Gasteiger partial charge on any atom is 0.293 e. The topological polar surface area (TPSA) is 105 Å². The van der Waals surface area contributed by atoms with Gasteiger partial charge >= 0.3 is 0 Å². The molecule has 34 heavy (non-hydrogen) atoms. The van der Waals surface area contributed by atoms with Gasteiger partial charge in [-0.25, -0.2) is 0 Å². The largest absolute Gasteiger partial charge is 0.493 e. The van der Waals surface area contributed by atoms with Crippen LogP contribution >= 0.6 is 23.5 Å². The van der Waals surface area contributed by atoms with Crippen molar-refractivity contribution in [1.82, 2.24) is 15.1 Å². The molecule has 1 aromatic rings. The normalized spacial score (nSPS) is 25.3. The van der Waals surface area contributed by atoms with E-state index in [2.05, 4.69) is 5.32 Å². The Morgan fingerprint density at radius 3 is 2.82 bits per heavy atom. The van der Waals surface area contributed by atoms with Gasteiger partial charge in [0.15, 0.2) is 11.5 Å². The smallest absolute Gasteiger partial charge is 0.293 e. The molecule has 3 saturated heterocycles. The highest BCUT2D eigenvalue weighted by molar-refractivity contribution is 8.18. The van der Waals surface area contributed by atoms with E-state index in [1.807, 2.05) is 13.8 Å². The van der Waals surface area contributed by atoms with E-state index >= 15 is 0 Å². The summed E-state index contributed by atoms with van der Waals surface area (Å²) in [5, 5.41) is 2.40. The summed E-state index contributed by atoms with van der Waals surface area (Å²) in [5.74, 6) is 1.02. The van der Waals surface area contributed by atoms with Crippen molar-refractivity contribution < 1.29 is 28.7 Å². The summed E-state index contributed by atoms with van der Waals surface area (Å²) < 4.78 is 10.8. The van der Waals surface area contributed by atoms with Crippen molar-refractivity contribution in [3.63, 3.8) is 0 Å². The third-order valence-corrected chi connectivity index (χ3v) is 8.45. The average molecular weight is 506 g/mol. The van der Waals surface area contributed by atoms with Gasteiger partial charge in [-0.15, -0.1) is 11.8 Å². The molecule has 0 radical (unpaired) electrons. The standard InChI is InChI=1S/C23H27N3O6S2/c1-4-32-16-6-5-14(11-17(16)31-3)12-18-21(29)25(22(30)34-18)10-9-24-20(28)15-13-33-23(2)8-7-19(27)26(15)23/h5-6,11-12,15H,4,7-10,13H2,1-3H3,(H,24,28)/b18-12+/t15-,23-/m0/s1. The van der Waals surface area contributed by atoms with Crippen LogP contribution in [0.1, 0.15) is 32.3 Å². The predicted octanol–water partition coefficient (Wildman–Crippen LogP) is 2.70. The summed E-state index contributed by atoms with van der Waals surface area (Å²) in [5.41, 5.74) is 0.705. The molecule has 11 heteroatoms. The molecule has 0 aliphatic carbocycles. The summed E-state index contributed by atoms with van der Waals surface area (Å²) in [6.07, 6.45) is 2.83. The number of hydrogen-bond donors (Lipinski definition) is 1. The van der Waals surface area contributed by atoms with Gasteiger partial charge in [-0.2, -0.15) is 0 Å². The Kier molecular flexibility index (Phi) is 7.13. The predicted molar refractivity (Wildman–Crippen MR) is 131 cm³/mol. The van der Waals surface area contributed by atoms with Crippen molar-refractivity contribution in [1.29, 1.82) is 0 Å². The third kappa shape index (κ3) is 4.63. The van der Waals surface area contributed by atoms with E-state index in [4.69, 9.17) is 9.47 Å². The Morgan fingerprint density at radius 1 is 1.29 bits per heavy atom. The first-order valence-electron chi connectivity index (χ1n) is 11.1. The minimum absolute atomic E-state index is 0.00496. The third-order valence-electron chi connectivity index (χ3n) is 6.04. The summed E-state index contributed by atoms with van der Waals surface area (Å²) >= 11 is 2.48. The monoisotopic (exact) mass is 505 g/mol. The maximum absolute atomic E-state index is 12.8. The number of fused-ring (bicyclic) bond motifs is 1. The molecule has 1 N–H and O–H groups in total. The number of ether oxygens (including phenoxy) is 2. The lowest BCUT2D eigenvalue weighted by atomic mass is 10.2. The van der Waals surface area contributed by atoms with E-state index in [1.165, 1.54) is 7.11 Å². The lowest BCUT2D eigenvalue weighted by Gasteiger charge is -2.29. The van der Waals surface area contributed by atoms with E-state index < -0.39 is 11.9 Å². The minimum Gasteiger partial charge on any atom is -0.493 e. The van der Waals surface area contributed by atoms with E-state index in [9.17, 15) is 19.2 Å². The number of thioether (sulfide) groups is 2. The minimum atomic E-state index is -0.519. The zero-order chi connectivity index (χ0) is 24.5. The van der Waals surface area contributed by atoms with Gasteiger partial charge in [0.25, 0.3) is 11.1 Å². The summed E-state index contributed by atoms with van der Waals surface area (Å²) in [6, 6.07) is 4.76. The fraction of sp³-hybridized carbons (Fsp3) is 0.478. The maximum atomic E-state index is 12.8. The van der Waals surface area contributed by atoms with E-state index in [0.29, 0.717) is 40.7 Å². The van der Waals surface area contributed by atoms with E-state index in [-0.39, 0.29) is 35.0 Å². The fourth-order valence-electron chi connectivity index (χ4n) is 4.32. The molecule has 2 atom stereocenters. The molecule has 0 saturated carbocycles. The number of imide groups is 1. The first-order valence-corrected chi connectivity index (χ1v) is 12.9. The van der Waals surface area contributed by atoms with Crippen LogP contribution in [0.4, 0.5) is 4.79 Å². The number of carbonyl (C=O) groups excluding carboxylic acids is 4. The van der Waals surface area contributed by atoms with Crippen molar-refractivity contribution in [3.8, 4) is 11.5 Å². The molecule has 0 spiro atoms. The molecule has 3 aliphatic rings. The van der Waals surface area contributed by atoms with Crippen molar-refractivity contribution >= 4 is 52.6 Å². The number of benzene rings is 1. The molecule has 3 heterocycles. The van der Waals surface area contributed by atoms with Crippen molar-refractivity contribution in [2.24, 2.45) is 0 Å². The second kappa shape index (κ2) is 9.91. The molecule has 4 rings (SSSR count). The molecule has 0 bridgehead atoms. The van der Waals surface area contributed by atoms with Crippen LogP contribution in [-0.2, 0) is 14.4 Å². The lowest BCUT2D eigenvalue weighted by Crippen LogP contribution is -2.51. The van der Waals surface area contributed by atoms with Crippen LogP contribution in [0.2, 0.25) is 0 Å². The van der Waals surface area contributed by atoms with Crippen molar-refractivity contribution in [2.75, 3.05) is 32.6 Å². The molecule has 0 aromatic heterocycles.